The first-order valence-corrected chi connectivity index (χ1v) is 6.21. The van der Waals surface area contributed by atoms with Gasteiger partial charge < -0.3 is 16.0 Å². The fourth-order valence-corrected chi connectivity index (χ4v) is 2.32. The van der Waals surface area contributed by atoms with E-state index < -0.39 is 12.1 Å². The molecule has 0 saturated heterocycles. The molecule has 6 nitrogen and oxygen atoms in total. The van der Waals surface area contributed by atoms with Crippen LogP contribution in [0.2, 0.25) is 0 Å². The predicted octanol–water partition coefficient (Wildman–Crippen LogP) is 0.475. The largest absolute Gasteiger partial charge is 0.397 e. The summed E-state index contributed by atoms with van der Waals surface area (Å²) in [4.78, 5) is 25.1. The number of fused-ring (bicyclic) bond motifs is 1. The third kappa shape index (κ3) is 2.47. The lowest BCUT2D eigenvalue weighted by molar-refractivity contribution is -0.120. The Morgan fingerprint density at radius 2 is 2.16 bits per heavy atom. The van der Waals surface area contributed by atoms with Crippen LogP contribution in [0.4, 0.5) is 16.2 Å². The number of hydrogen-bond donors (Lipinski definition) is 3. The Kier molecular flexibility index (Phi) is 3.59. The van der Waals surface area contributed by atoms with Crippen LogP contribution in [0.3, 0.4) is 0 Å². The minimum absolute atomic E-state index is 0.338. The van der Waals surface area contributed by atoms with Crippen molar-refractivity contribution in [3.63, 3.8) is 0 Å². The van der Waals surface area contributed by atoms with Crippen LogP contribution in [0.25, 0.3) is 0 Å². The van der Waals surface area contributed by atoms with E-state index in [1.165, 1.54) is 7.05 Å². The summed E-state index contributed by atoms with van der Waals surface area (Å²) in [6, 6.07) is 4.79. The number of rotatable bonds is 2. The van der Waals surface area contributed by atoms with Gasteiger partial charge in [-0.15, -0.1) is 0 Å². The van der Waals surface area contributed by atoms with Crippen molar-refractivity contribution in [2.24, 2.45) is 0 Å². The molecule has 1 aromatic carbocycles. The molecule has 1 unspecified atom stereocenters. The monoisotopic (exact) mass is 262 g/mol. The Bertz CT molecular complexity index is 515. The van der Waals surface area contributed by atoms with Crippen molar-refractivity contribution in [3.05, 3.63) is 23.8 Å². The maximum Gasteiger partial charge on any atom is 0.321 e. The van der Waals surface area contributed by atoms with Crippen LogP contribution in [0.15, 0.2) is 18.2 Å². The Balaban J connectivity index is 2.17. The maximum atomic E-state index is 12.0. The maximum absolute atomic E-state index is 12.0. The van der Waals surface area contributed by atoms with Crippen molar-refractivity contribution in [1.82, 2.24) is 10.6 Å². The SMILES string of the molecule is CNC(=O)NC(=O)C(C)N1CCc2cccc(N)c21. The highest BCUT2D eigenvalue weighted by molar-refractivity contribution is 5.98. The zero-order chi connectivity index (χ0) is 14.0. The fourth-order valence-electron chi connectivity index (χ4n) is 2.32. The number of carbonyl (C=O) groups excluding carboxylic acids is 2. The number of carbonyl (C=O) groups is 2. The molecule has 0 radical (unpaired) electrons. The topological polar surface area (TPSA) is 87.5 Å². The molecular weight excluding hydrogens is 244 g/mol. The second-order valence-electron chi connectivity index (χ2n) is 4.54. The van der Waals surface area contributed by atoms with Gasteiger partial charge in [0.15, 0.2) is 0 Å². The van der Waals surface area contributed by atoms with Gasteiger partial charge in [0, 0.05) is 13.6 Å². The van der Waals surface area contributed by atoms with Gasteiger partial charge in [-0.1, -0.05) is 12.1 Å². The van der Waals surface area contributed by atoms with Crippen LogP contribution in [0, 0.1) is 0 Å². The minimum atomic E-state index is -0.502. The summed E-state index contributed by atoms with van der Waals surface area (Å²) in [5, 5.41) is 4.64. The highest BCUT2D eigenvalue weighted by atomic mass is 16.2. The lowest BCUT2D eigenvalue weighted by Crippen LogP contribution is -2.48. The Morgan fingerprint density at radius 1 is 1.42 bits per heavy atom. The lowest BCUT2D eigenvalue weighted by atomic mass is 10.1. The van der Waals surface area contributed by atoms with Crippen molar-refractivity contribution < 1.29 is 9.59 Å². The summed E-state index contributed by atoms with van der Waals surface area (Å²) in [6.45, 7) is 2.49. The van der Waals surface area contributed by atoms with E-state index in [-0.39, 0.29) is 5.91 Å². The van der Waals surface area contributed by atoms with Gasteiger partial charge in [-0.25, -0.2) is 4.79 Å². The first kappa shape index (κ1) is 13.2. The summed E-state index contributed by atoms with van der Waals surface area (Å²) < 4.78 is 0. The number of nitrogens with one attached hydrogen (secondary N) is 2. The first-order valence-electron chi connectivity index (χ1n) is 6.21. The molecule has 0 aliphatic carbocycles. The molecule has 0 bridgehead atoms. The normalized spacial score (nSPS) is 14.7. The molecule has 3 amide bonds. The van der Waals surface area contributed by atoms with Crippen LogP contribution in [-0.4, -0.2) is 31.6 Å². The lowest BCUT2D eigenvalue weighted by Gasteiger charge is -2.27. The molecule has 19 heavy (non-hydrogen) atoms. The fraction of sp³-hybridized carbons (Fsp3) is 0.385. The molecule has 2 rings (SSSR count). The van der Waals surface area contributed by atoms with E-state index in [9.17, 15) is 9.59 Å². The highest BCUT2D eigenvalue weighted by Crippen LogP contribution is 2.34. The van der Waals surface area contributed by atoms with E-state index in [2.05, 4.69) is 10.6 Å². The predicted molar refractivity (Wildman–Crippen MR) is 74.0 cm³/mol. The summed E-state index contributed by atoms with van der Waals surface area (Å²) in [7, 11) is 1.47. The summed E-state index contributed by atoms with van der Waals surface area (Å²) >= 11 is 0. The van der Waals surface area contributed by atoms with Gasteiger partial charge in [0.05, 0.1) is 11.4 Å². The van der Waals surface area contributed by atoms with Gasteiger partial charge in [0.1, 0.15) is 6.04 Å². The number of benzene rings is 1. The van der Waals surface area contributed by atoms with E-state index in [4.69, 9.17) is 5.73 Å². The van der Waals surface area contributed by atoms with Gasteiger partial charge in [0.25, 0.3) is 0 Å². The van der Waals surface area contributed by atoms with Crippen LogP contribution >= 0.6 is 0 Å². The van der Waals surface area contributed by atoms with E-state index in [0.29, 0.717) is 5.69 Å². The van der Waals surface area contributed by atoms with Gasteiger partial charge in [-0.3, -0.25) is 10.1 Å². The van der Waals surface area contributed by atoms with Gasteiger partial charge in [-0.05, 0) is 25.0 Å². The molecule has 0 fully saturated rings. The third-order valence-corrected chi connectivity index (χ3v) is 3.37. The van der Waals surface area contributed by atoms with Crippen molar-refractivity contribution in [3.8, 4) is 0 Å². The van der Waals surface area contributed by atoms with Crippen molar-refractivity contribution in [2.75, 3.05) is 24.2 Å². The van der Waals surface area contributed by atoms with Gasteiger partial charge in [0.2, 0.25) is 5.91 Å². The zero-order valence-corrected chi connectivity index (χ0v) is 11.1. The zero-order valence-electron chi connectivity index (χ0n) is 11.1. The Hall–Kier alpha value is -2.24. The van der Waals surface area contributed by atoms with Crippen LogP contribution in [0.1, 0.15) is 12.5 Å². The molecule has 1 aromatic rings. The number of para-hydroxylation sites is 1. The molecule has 4 N–H and O–H groups in total. The minimum Gasteiger partial charge on any atom is -0.397 e. The molecule has 102 valence electrons. The molecule has 0 spiro atoms. The quantitative estimate of drug-likeness (QED) is 0.676. The van der Waals surface area contributed by atoms with Crippen LogP contribution in [0.5, 0.6) is 0 Å². The summed E-state index contributed by atoms with van der Waals surface area (Å²) in [6.07, 6.45) is 0.859. The third-order valence-electron chi connectivity index (χ3n) is 3.37. The number of hydrogen-bond acceptors (Lipinski definition) is 4. The summed E-state index contributed by atoms with van der Waals surface area (Å²) in [5.41, 5.74) is 8.68. The van der Waals surface area contributed by atoms with Gasteiger partial charge in [-0.2, -0.15) is 0 Å². The van der Waals surface area contributed by atoms with Crippen molar-refractivity contribution >= 4 is 23.3 Å². The number of anilines is 2. The van der Waals surface area contributed by atoms with Crippen molar-refractivity contribution in [1.29, 1.82) is 0 Å². The molecule has 1 aliphatic heterocycles. The van der Waals surface area contributed by atoms with E-state index in [1.54, 1.807) is 6.92 Å². The molecule has 0 saturated carbocycles. The number of amides is 3. The van der Waals surface area contributed by atoms with Crippen molar-refractivity contribution in [2.45, 2.75) is 19.4 Å². The molecular formula is C13H18N4O2. The van der Waals surface area contributed by atoms with E-state index in [0.717, 1.165) is 24.2 Å². The van der Waals surface area contributed by atoms with E-state index in [1.807, 2.05) is 23.1 Å². The average Bonchev–Trinajstić information content (AvgIpc) is 2.82. The molecule has 1 atom stereocenters. The van der Waals surface area contributed by atoms with Gasteiger partial charge >= 0.3 is 6.03 Å². The first-order chi connectivity index (χ1) is 9.04. The average molecular weight is 262 g/mol. The number of nitrogens with two attached hydrogens (primary N) is 1. The highest BCUT2D eigenvalue weighted by Gasteiger charge is 2.29. The smallest absolute Gasteiger partial charge is 0.321 e. The second-order valence-corrected chi connectivity index (χ2v) is 4.54. The van der Waals surface area contributed by atoms with E-state index >= 15 is 0 Å². The second kappa shape index (κ2) is 5.17. The number of imide groups is 1. The standard InChI is InChI=1S/C13H18N4O2/c1-8(12(18)16-13(19)15-2)17-7-6-9-4-3-5-10(14)11(9)17/h3-5,8H,6-7,14H2,1-2H3,(H2,15,16,18,19). The number of nitrogen functional groups attached to an aromatic ring is 1. The summed E-state index contributed by atoms with van der Waals surface area (Å²) in [5.74, 6) is -0.338. The molecule has 0 aromatic heterocycles. The Labute approximate surface area is 112 Å². The number of nitrogens with zero attached hydrogens (tertiary/aromatic N) is 1. The molecule has 6 heteroatoms. The number of urea groups is 1. The molecule has 1 heterocycles. The van der Waals surface area contributed by atoms with Crippen LogP contribution < -0.4 is 21.3 Å². The molecule has 1 aliphatic rings. The van der Waals surface area contributed by atoms with Crippen LogP contribution in [-0.2, 0) is 11.2 Å². The Morgan fingerprint density at radius 3 is 2.84 bits per heavy atom.